The van der Waals surface area contributed by atoms with E-state index < -0.39 is 0 Å². The molecule has 56 valence electrons. The van der Waals surface area contributed by atoms with Gasteiger partial charge in [-0.3, -0.25) is 0 Å². The van der Waals surface area contributed by atoms with Crippen LogP contribution < -0.4 is 0 Å². The van der Waals surface area contributed by atoms with Crippen LogP contribution in [0.25, 0.3) is 0 Å². The van der Waals surface area contributed by atoms with Gasteiger partial charge in [-0.25, -0.2) is 0 Å². The third-order valence-corrected chi connectivity index (χ3v) is 2.17. The molecule has 0 bridgehead atoms. The Hall–Kier alpha value is -0.520. The van der Waals surface area contributed by atoms with Gasteiger partial charge in [-0.05, 0) is 25.2 Å². The first kappa shape index (κ1) is 7.59. The van der Waals surface area contributed by atoms with Gasteiger partial charge in [0.25, 0.3) is 0 Å². The zero-order valence-electron chi connectivity index (χ0n) is 6.72. The third-order valence-electron chi connectivity index (χ3n) is 2.17. The normalized spacial score (nSPS) is 25.9. The van der Waals surface area contributed by atoms with Crippen LogP contribution in [-0.2, 0) is 0 Å². The highest BCUT2D eigenvalue weighted by atomic mass is 14.1. The second-order valence-corrected chi connectivity index (χ2v) is 2.94. The predicted molar refractivity (Wildman–Crippen MR) is 45.9 cm³/mol. The van der Waals surface area contributed by atoms with Gasteiger partial charge in [0.1, 0.15) is 0 Å². The Morgan fingerprint density at radius 2 is 2.10 bits per heavy atom. The molecular formula is C10H16. The van der Waals surface area contributed by atoms with E-state index in [9.17, 15) is 0 Å². The largest absolute Gasteiger partial charge is 0.0845 e. The summed E-state index contributed by atoms with van der Waals surface area (Å²) in [6.07, 6.45) is 14.1. The number of rotatable bonds is 1. The lowest BCUT2D eigenvalue weighted by Gasteiger charge is -2.11. The van der Waals surface area contributed by atoms with E-state index in [0.29, 0.717) is 0 Å². The fourth-order valence-corrected chi connectivity index (χ4v) is 1.34. The first-order valence-corrected chi connectivity index (χ1v) is 4.25. The summed E-state index contributed by atoms with van der Waals surface area (Å²) in [6.45, 7) is 2.28. The van der Waals surface area contributed by atoms with Crippen molar-refractivity contribution in [3.63, 3.8) is 0 Å². The summed E-state index contributed by atoms with van der Waals surface area (Å²) in [5.74, 6) is 0.932. The van der Waals surface area contributed by atoms with E-state index in [4.69, 9.17) is 0 Å². The second-order valence-electron chi connectivity index (χ2n) is 2.94. The van der Waals surface area contributed by atoms with Crippen LogP contribution in [0.3, 0.4) is 0 Å². The molecule has 1 rings (SSSR count). The quantitative estimate of drug-likeness (QED) is 0.518. The molecule has 0 saturated carbocycles. The molecule has 0 saturated heterocycles. The van der Waals surface area contributed by atoms with Gasteiger partial charge in [-0.1, -0.05) is 37.6 Å². The van der Waals surface area contributed by atoms with Crippen molar-refractivity contribution in [2.45, 2.75) is 32.6 Å². The highest BCUT2D eigenvalue weighted by Crippen LogP contribution is 2.17. The smallest absolute Gasteiger partial charge is 0.0319 e. The van der Waals surface area contributed by atoms with Crippen molar-refractivity contribution in [3.8, 4) is 0 Å². The lowest BCUT2D eigenvalue weighted by atomic mass is 9.95. The maximum atomic E-state index is 2.28. The van der Waals surface area contributed by atoms with Crippen molar-refractivity contribution >= 4 is 0 Å². The van der Waals surface area contributed by atoms with Crippen molar-refractivity contribution in [2.24, 2.45) is 5.92 Å². The molecule has 0 amide bonds. The molecule has 0 N–H and O–H groups in total. The average Bonchev–Trinajstić information content (AvgIpc) is 1.87. The Kier molecular flexibility index (Phi) is 3.28. The van der Waals surface area contributed by atoms with Crippen LogP contribution in [0.4, 0.5) is 0 Å². The Bertz CT molecular complexity index is 131. The van der Waals surface area contributed by atoms with Crippen molar-refractivity contribution in [1.29, 1.82) is 0 Å². The molecule has 0 nitrogen and oxygen atoms in total. The number of allylic oxidation sites excluding steroid dienone is 4. The van der Waals surface area contributed by atoms with E-state index >= 15 is 0 Å². The van der Waals surface area contributed by atoms with Gasteiger partial charge in [0, 0.05) is 0 Å². The van der Waals surface area contributed by atoms with Gasteiger partial charge in [0.2, 0.25) is 0 Å². The SMILES string of the molecule is CCC1CC=CC=CCC1. The van der Waals surface area contributed by atoms with E-state index in [-0.39, 0.29) is 0 Å². The highest BCUT2D eigenvalue weighted by Gasteiger charge is 2.02. The zero-order chi connectivity index (χ0) is 7.23. The number of hydrogen-bond acceptors (Lipinski definition) is 0. The Morgan fingerprint density at radius 3 is 2.90 bits per heavy atom. The molecule has 0 spiro atoms. The minimum Gasteiger partial charge on any atom is -0.0845 e. The molecule has 0 fully saturated rings. The van der Waals surface area contributed by atoms with E-state index in [1.807, 2.05) is 0 Å². The molecule has 10 heavy (non-hydrogen) atoms. The maximum Gasteiger partial charge on any atom is -0.0319 e. The van der Waals surface area contributed by atoms with Crippen LogP contribution in [-0.4, -0.2) is 0 Å². The number of hydrogen-bond donors (Lipinski definition) is 0. The first-order chi connectivity index (χ1) is 4.93. The Morgan fingerprint density at radius 1 is 1.30 bits per heavy atom. The predicted octanol–water partition coefficient (Wildman–Crippen LogP) is 3.31. The molecule has 1 atom stereocenters. The minimum atomic E-state index is 0.932. The van der Waals surface area contributed by atoms with Crippen LogP contribution in [0, 0.1) is 5.92 Å². The average molecular weight is 136 g/mol. The maximum absolute atomic E-state index is 2.28. The molecular weight excluding hydrogens is 120 g/mol. The fraction of sp³-hybridized carbons (Fsp3) is 0.600. The highest BCUT2D eigenvalue weighted by molar-refractivity contribution is 5.04. The van der Waals surface area contributed by atoms with Gasteiger partial charge >= 0.3 is 0 Å². The van der Waals surface area contributed by atoms with Crippen molar-refractivity contribution in [3.05, 3.63) is 24.3 Å². The molecule has 1 aliphatic carbocycles. The second kappa shape index (κ2) is 4.32. The first-order valence-electron chi connectivity index (χ1n) is 4.25. The summed E-state index contributed by atoms with van der Waals surface area (Å²) >= 11 is 0. The molecule has 1 aliphatic rings. The van der Waals surface area contributed by atoms with E-state index in [1.54, 1.807) is 0 Å². The lowest BCUT2D eigenvalue weighted by molar-refractivity contribution is 0.479. The summed E-state index contributed by atoms with van der Waals surface area (Å²) < 4.78 is 0. The molecule has 0 aliphatic heterocycles. The third kappa shape index (κ3) is 2.38. The molecule has 0 aromatic carbocycles. The summed E-state index contributed by atoms with van der Waals surface area (Å²) in [6, 6.07) is 0. The van der Waals surface area contributed by atoms with Gasteiger partial charge in [-0.15, -0.1) is 0 Å². The molecule has 0 heteroatoms. The minimum absolute atomic E-state index is 0.932. The fourth-order valence-electron chi connectivity index (χ4n) is 1.34. The summed E-state index contributed by atoms with van der Waals surface area (Å²) in [7, 11) is 0. The van der Waals surface area contributed by atoms with E-state index in [0.717, 1.165) is 5.92 Å². The molecule has 0 radical (unpaired) electrons. The zero-order valence-corrected chi connectivity index (χ0v) is 6.72. The molecule has 1 unspecified atom stereocenters. The lowest BCUT2D eigenvalue weighted by Crippen LogP contribution is -1.96. The van der Waals surface area contributed by atoms with Gasteiger partial charge in [-0.2, -0.15) is 0 Å². The van der Waals surface area contributed by atoms with Crippen LogP contribution in [0.15, 0.2) is 24.3 Å². The molecule has 0 heterocycles. The van der Waals surface area contributed by atoms with Gasteiger partial charge < -0.3 is 0 Å². The van der Waals surface area contributed by atoms with Crippen LogP contribution in [0.1, 0.15) is 32.6 Å². The summed E-state index contributed by atoms with van der Waals surface area (Å²) in [5, 5.41) is 0. The van der Waals surface area contributed by atoms with Crippen molar-refractivity contribution in [1.82, 2.24) is 0 Å². The summed E-state index contributed by atoms with van der Waals surface area (Å²) in [4.78, 5) is 0. The van der Waals surface area contributed by atoms with Crippen LogP contribution in [0.5, 0.6) is 0 Å². The Labute approximate surface area is 63.6 Å². The molecule has 0 aromatic rings. The summed E-state index contributed by atoms with van der Waals surface area (Å²) in [5.41, 5.74) is 0. The topological polar surface area (TPSA) is 0 Å². The van der Waals surface area contributed by atoms with Gasteiger partial charge in [0.15, 0.2) is 0 Å². The van der Waals surface area contributed by atoms with Crippen molar-refractivity contribution in [2.75, 3.05) is 0 Å². The van der Waals surface area contributed by atoms with E-state index in [1.165, 1.54) is 25.7 Å². The van der Waals surface area contributed by atoms with Gasteiger partial charge in [0.05, 0.1) is 0 Å². The van der Waals surface area contributed by atoms with E-state index in [2.05, 4.69) is 31.2 Å². The van der Waals surface area contributed by atoms with Crippen LogP contribution >= 0.6 is 0 Å². The van der Waals surface area contributed by atoms with Crippen LogP contribution in [0.2, 0.25) is 0 Å². The Balaban J connectivity index is 2.38. The standard InChI is InChI=1S/C10H16/c1-2-10-8-6-4-3-5-7-9-10/h3-6,10H,2,7-9H2,1H3. The molecule has 0 aromatic heterocycles. The monoisotopic (exact) mass is 136 g/mol. The van der Waals surface area contributed by atoms with Crippen molar-refractivity contribution < 1.29 is 0 Å².